The number of rotatable bonds is 2. The topological polar surface area (TPSA) is 51.6 Å². The van der Waals surface area contributed by atoms with Gasteiger partial charge in [0.15, 0.2) is 0 Å². The minimum Gasteiger partial charge on any atom is -0.254 e. The maximum Gasteiger partial charge on any atom is 0.0971 e. The SMILES string of the molecule is c1ccc(C([C]2c3cccnc3-c3ncccc32)=C2c3cccnc3-c3ncccc32)cc1. The van der Waals surface area contributed by atoms with E-state index in [2.05, 4.69) is 54.6 Å². The number of aromatic nitrogens is 4. The van der Waals surface area contributed by atoms with E-state index in [4.69, 9.17) is 19.9 Å². The van der Waals surface area contributed by atoms with Crippen LogP contribution < -0.4 is 0 Å². The molecule has 0 saturated carbocycles. The van der Waals surface area contributed by atoms with Gasteiger partial charge in [0, 0.05) is 35.9 Å². The maximum atomic E-state index is 4.71. The van der Waals surface area contributed by atoms with Crippen molar-refractivity contribution in [1.29, 1.82) is 0 Å². The van der Waals surface area contributed by atoms with E-state index in [-0.39, 0.29) is 0 Å². The molecule has 0 N–H and O–H groups in total. The van der Waals surface area contributed by atoms with Crippen LogP contribution >= 0.6 is 0 Å². The summed E-state index contributed by atoms with van der Waals surface area (Å²) in [5.41, 5.74) is 11.5. The second kappa shape index (κ2) is 7.04. The Balaban J connectivity index is 1.64. The summed E-state index contributed by atoms with van der Waals surface area (Å²) >= 11 is 0. The average molecular weight is 421 g/mol. The van der Waals surface area contributed by atoms with E-state index in [0.717, 1.165) is 67.7 Å². The van der Waals surface area contributed by atoms with Gasteiger partial charge >= 0.3 is 0 Å². The van der Waals surface area contributed by atoms with E-state index < -0.39 is 0 Å². The average Bonchev–Trinajstić information content (AvgIpc) is 3.39. The Labute approximate surface area is 191 Å². The molecule has 4 heteroatoms. The lowest BCUT2D eigenvalue weighted by Gasteiger charge is -2.21. The third-order valence-electron chi connectivity index (χ3n) is 6.32. The van der Waals surface area contributed by atoms with Gasteiger partial charge in [-0.3, -0.25) is 19.9 Å². The van der Waals surface area contributed by atoms with Crippen LogP contribution in [-0.2, 0) is 0 Å². The molecule has 0 spiro atoms. The van der Waals surface area contributed by atoms with Crippen molar-refractivity contribution >= 4 is 11.1 Å². The molecule has 33 heavy (non-hydrogen) atoms. The quantitative estimate of drug-likeness (QED) is 0.352. The maximum absolute atomic E-state index is 4.71. The molecule has 4 heterocycles. The minimum absolute atomic E-state index is 0.924. The van der Waals surface area contributed by atoms with Crippen LogP contribution in [0, 0.1) is 5.92 Å². The Bertz CT molecular complexity index is 1480. The molecule has 4 nitrogen and oxygen atoms in total. The molecule has 0 amide bonds. The lowest BCUT2D eigenvalue weighted by Crippen LogP contribution is -2.05. The fraction of sp³-hybridized carbons (Fsp3) is 0. The summed E-state index contributed by atoms with van der Waals surface area (Å²) in [5, 5.41) is 0. The summed E-state index contributed by atoms with van der Waals surface area (Å²) in [5.74, 6) is 1.15. The number of nitrogens with zero attached hydrogens (tertiary/aromatic N) is 4. The molecule has 0 bridgehead atoms. The Morgan fingerprint density at radius 2 is 0.848 bits per heavy atom. The third kappa shape index (κ3) is 2.58. The van der Waals surface area contributed by atoms with Crippen molar-refractivity contribution < 1.29 is 0 Å². The Morgan fingerprint density at radius 3 is 1.33 bits per heavy atom. The standard InChI is InChI=1S/C29H17N4/c1-2-8-18(9-3-1)23(24-19-10-4-14-30-26(19)27-20(24)11-5-15-31-27)25-21-12-6-16-32-28(21)29-22(25)13-7-17-33-29/h1-17H. The van der Waals surface area contributed by atoms with Crippen molar-refractivity contribution in [2.45, 2.75) is 0 Å². The van der Waals surface area contributed by atoms with Gasteiger partial charge in [-0.1, -0.05) is 54.6 Å². The zero-order chi connectivity index (χ0) is 21.8. The predicted octanol–water partition coefficient (Wildman–Crippen LogP) is 5.86. The molecule has 5 aromatic rings. The summed E-state index contributed by atoms with van der Waals surface area (Å²) < 4.78 is 0. The van der Waals surface area contributed by atoms with E-state index in [1.165, 1.54) is 0 Å². The summed E-state index contributed by atoms with van der Waals surface area (Å²) in [6.07, 6.45) is 7.35. The first-order valence-electron chi connectivity index (χ1n) is 10.9. The monoisotopic (exact) mass is 421 g/mol. The van der Waals surface area contributed by atoms with Gasteiger partial charge in [-0.2, -0.15) is 0 Å². The fourth-order valence-corrected chi connectivity index (χ4v) is 5.03. The van der Waals surface area contributed by atoms with Gasteiger partial charge in [-0.25, -0.2) is 0 Å². The van der Waals surface area contributed by atoms with Gasteiger partial charge in [0.25, 0.3) is 0 Å². The summed E-state index contributed by atoms with van der Waals surface area (Å²) in [6.45, 7) is 0. The first kappa shape index (κ1) is 18.2. The summed E-state index contributed by atoms with van der Waals surface area (Å²) in [6, 6.07) is 27.1. The smallest absolute Gasteiger partial charge is 0.0971 e. The normalized spacial score (nSPS) is 13.3. The second-order valence-corrected chi connectivity index (χ2v) is 8.09. The van der Waals surface area contributed by atoms with Gasteiger partial charge in [-0.15, -0.1) is 0 Å². The molecule has 0 unspecified atom stereocenters. The minimum atomic E-state index is 0.924. The van der Waals surface area contributed by atoms with Crippen LogP contribution in [0.5, 0.6) is 0 Å². The number of fused-ring (bicyclic) bond motifs is 6. The van der Waals surface area contributed by atoms with E-state index in [1.54, 1.807) is 0 Å². The van der Waals surface area contributed by atoms with Crippen molar-refractivity contribution in [3.05, 3.63) is 137 Å². The molecule has 4 aromatic heterocycles. The highest BCUT2D eigenvalue weighted by Crippen LogP contribution is 2.54. The predicted molar refractivity (Wildman–Crippen MR) is 129 cm³/mol. The molecule has 0 aliphatic heterocycles. The third-order valence-corrected chi connectivity index (χ3v) is 6.32. The van der Waals surface area contributed by atoms with Gasteiger partial charge < -0.3 is 0 Å². The lowest BCUT2D eigenvalue weighted by molar-refractivity contribution is 1.26. The van der Waals surface area contributed by atoms with Crippen LogP contribution in [0.4, 0.5) is 0 Å². The van der Waals surface area contributed by atoms with Gasteiger partial charge in [-0.05, 0) is 52.1 Å². The molecule has 7 rings (SSSR count). The molecule has 0 fully saturated rings. The van der Waals surface area contributed by atoms with Crippen molar-refractivity contribution in [2.75, 3.05) is 0 Å². The number of hydrogen-bond donors (Lipinski definition) is 0. The molecule has 0 atom stereocenters. The van der Waals surface area contributed by atoms with Crippen molar-refractivity contribution in [1.82, 2.24) is 19.9 Å². The molecule has 153 valence electrons. The van der Waals surface area contributed by atoms with Crippen LogP contribution in [0.3, 0.4) is 0 Å². The summed E-state index contributed by atoms with van der Waals surface area (Å²) in [7, 11) is 0. The number of hydrogen-bond acceptors (Lipinski definition) is 4. The Morgan fingerprint density at radius 1 is 0.424 bits per heavy atom. The van der Waals surface area contributed by atoms with Crippen LogP contribution in [0.1, 0.15) is 27.8 Å². The molecule has 1 aromatic carbocycles. The molecule has 1 radical (unpaired) electrons. The highest BCUT2D eigenvalue weighted by atomic mass is 14.8. The molecular formula is C29H17N4. The van der Waals surface area contributed by atoms with Crippen molar-refractivity contribution in [2.24, 2.45) is 0 Å². The largest absolute Gasteiger partial charge is 0.254 e. The first-order valence-corrected chi connectivity index (χ1v) is 10.9. The summed E-state index contributed by atoms with van der Waals surface area (Å²) in [4.78, 5) is 18.8. The highest BCUT2D eigenvalue weighted by molar-refractivity contribution is 6.14. The van der Waals surface area contributed by atoms with E-state index >= 15 is 0 Å². The molecule has 2 aliphatic rings. The van der Waals surface area contributed by atoms with E-state index in [9.17, 15) is 0 Å². The lowest BCUT2D eigenvalue weighted by atomic mass is 9.80. The second-order valence-electron chi connectivity index (χ2n) is 8.09. The number of pyridine rings is 4. The van der Waals surface area contributed by atoms with E-state index in [0.29, 0.717) is 0 Å². The first-order chi connectivity index (χ1) is 16.4. The fourth-order valence-electron chi connectivity index (χ4n) is 5.03. The van der Waals surface area contributed by atoms with E-state index in [1.807, 2.05) is 49.1 Å². The van der Waals surface area contributed by atoms with Gasteiger partial charge in [0.1, 0.15) is 0 Å². The zero-order valence-electron chi connectivity index (χ0n) is 17.6. The van der Waals surface area contributed by atoms with Crippen LogP contribution in [-0.4, -0.2) is 19.9 Å². The van der Waals surface area contributed by atoms with Crippen molar-refractivity contribution in [3.63, 3.8) is 0 Å². The van der Waals surface area contributed by atoms with Gasteiger partial charge in [0.05, 0.1) is 28.7 Å². The highest BCUT2D eigenvalue weighted by Gasteiger charge is 2.38. The molecule has 2 aliphatic carbocycles. The Hall–Kier alpha value is -4.44. The van der Waals surface area contributed by atoms with Gasteiger partial charge in [0.2, 0.25) is 0 Å². The number of allylic oxidation sites excluding steroid dienone is 1. The molecular weight excluding hydrogens is 404 g/mol. The zero-order valence-corrected chi connectivity index (χ0v) is 17.6. The van der Waals surface area contributed by atoms with Crippen LogP contribution in [0.15, 0.2) is 104 Å². The molecule has 0 saturated heterocycles. The van der Waals surface area contributed by atoms with Crippen molar-refractivity contribution in [3.8, 4) is 22.8 Å². The number of benzene rings is 1. The Kier molecular flexibility index (Phi) is 3.87. The van der Waals surface area contributed by atoms with Crippen LogP contribution in [0.2, 0.25) is 0 Å². The van der Waals surface area contributed by atoms with Crippen LogP contribution in [0.25, 0.3) is 33.9 Å².